The maximum Gasteiger partial charge on any atom is 0.125 e. The first-order chi connectivity index (χ1) is 4.59. The summed E-state index contributed by atoms with van der Waals surface area (Å²) in [4.78, 5) is -0.632. The van der Waals surface area contributed by atoms with Crippen molar-refractivity contribution in [2.45, 2.75) is 22.0 Å². The fourth-order valence-electron chi connectivity index (χ4n) is 0.421. The average Bonchev–Trinajstić information content (AvgIpc) is 1.87. The maximum absolute atomic E-state index is 5.74. The first kappa shape index (κ1) is 11.4. The van der Waals surface area contributed by atoms with Gasteiger partial charge >= 0.3 is 0 Å². The van der Waals surface area contributed by atoms with E-state index in [9.17, 15) is 0 Å². The third kappa shape index (κ3) is 4.35. The highest BCUT2D eigenvalue weighted by atomic mass is 35.5. The van der Waals surface area contributed by atoms with Crippen molar-refractivity contribution in [1.82, 2.24) is 0 Å². The fraction of sp³-hybridized carbons (Fsp3) is 1.00. The Hall–Kier alpha value is 1.45. The van der Waals surface area contributed by atoms with E-state index in [1.165, 1.54) is 0 Å². The van der Waals surface area contributed by atoms with Gasteiger partial charge in [0.15, 0.2) is 0 Å². The molecule has 0 radical (unpaired) electrons. The molecule has 2 unspecified atom stereocenters. The third-order valence-electron chi connectivity index (χ3n) is 0.971. The van der Waals surface area contributed by atoms with Gasteiger partial charge in [-0.2, -0.15) is 0 Å². The van der Waals surface area contributed by atoms with Crippen LogP contribution < -0.4 is 0 Å². The molecule has 0 heterocycles. The maximum atomic E-state index is 5.74. The van der Waals surface area contributed by atoms with Gasteiger partial charge in [-0.3, -0.25) is 0 Å². The standard InChI is InChI=1S/C5H7Cl5/c6-2-1-3(7)4(8)5(9)10/h3-5H,1-2H2. The zero-order valence-electron chi connectivity index (χ0n) is 5.04. The number of hydrogen-bond donors (Lipinski definition) is 0. The molecule has 5 heteroatoms. The summed E-state index contributed by atoms with van der Waals surface area (Å²) in [6, 6.07) is 0. The molecule has 0 spiro atoms. The minimum absolute atomic E-state index is 0.251. The molecule has 62 valence electrons. The first-order valence-corrected chi connectivity index (χ1v) is 5.00. The zero-order valence-corrected chi connectivity index (χ0v) is 8.82. The van der Waals surface area contributed by atoms with Crippen molar-refractivity contribution in [1.29, 1.82) is 0 Å². The lowest BCUT2D eigenvalue weighted by Gasteiger charge is -2.14. The minimum Gasteiger partial charge on any atom is -0.127 e. The topological polar surface area (TPSA) is 0 Å². The van der Waals surface area contributed by atoms with Gasteiger partial charge < -0.3 is 0 Å². The van der Waals surface area contributed by atoms with Crippen LogP contribution in [0.15, 0.2) is 0 Å². The van der Waals surface area contributed by atoms with Gasteiger partial charge in [0, 0.05) is 5.88 Å². The van der Waals surface area contributed by atoms with Gasteiger partial charge in [0.05, 0.1) is 10.8 Å². The van der Waals surface area contributed by atoms with Crippen LogP contribution in [0.2, 0.25) is 0 Å². The largest absolute Gasteiger partial charge is 0.127 e. The van der Waals surface area contributed by atoms with Crippen LogP contribution in [-0.2, 0) is 0 Å². The lowest BCUT2D eigenvalue weighted by atomic mass is 10.2. The van der Waals surface area contributed by atoms with Gasteiger partial charge in [0.1, 0.15) is 4.84 Å². The lowest BCUT2D eigenvalue weighted by Crippen LogP contribution is -2.21. The van der Waals surface area contributed by atoms with Crippen molar-refractivity contribution in [2.75, 3.05) is 5.88 Å². The molecule has 0 saturated carbocycles. The second-order valence-corrected chi connectivity index (χ2v) is 4.38. The Morgan fingerprint density at radius 3 is 1.80 bits per heavy atom. The van der Waals surface area contributed by atoms with E-state index in [2.05, 4.69) is 0 Å². The van der Waals surface area contributed by atoms with Crippen LogP contribution in [0.25, 0.3) is 0 Å². The van der Waals surface area contributed by atoms with Crippen molar-refractivity contribution in [3.8, 4) is 0 Å². The van der Waals surface area contributed by atoms with E-state index in [0.29, 0.717) is 12.3 Å². The summed E-state index contributed by atoms with van der Waals surface area (Å²) in [6.45, 7) is 0. The van der Waals surface area contributed by atoms with Crippen LogP contribution in [0, 0.1) is 0 Å². The molecule has 0 fully saturated rings. The van der Waals surface area contributed by atoms with Gasteiger partial charge in [-0.1, -0.05) is 0 Å². The van der Waals surface area contributed by atoms with Crippen molar-refractivity contribution in [3.05, 3.63) is 0 Å². The minimum atomic E-state index is -0.632. The second-order valence-electron chi connectivity index (χ2n) is 1.77. The number of alkyl halides is 5. The molecule has 2 atom stereocenters. The van der Waals surface area contributed by atoms with Crippen LogP contribution in [0.3, 0.4) is 0 Å². The van der Waals surface area contributed by atoms with Crippen LogP contribution in [0.1, 0.15) is 6.42 Å². The summed E-state index contributed by atoms with van der Waals surface area (Å²) >= 11 is 27.8. The molecule has 0 aromatic heterocycles. The smallest absolute Gasteiger partial charge is 0.125 e. The molecule has 0 N–H and O–H groups in total. The fourth-order valence-corrected chi connectivity index (χ4v) is 1.65. The van der Waals surface area contributed by atoms with Gasteiger partial charge in [-0.15, -0.1) is 58.0 Å². The Morgan fingerprint density at radius 2 is 1.50 bits per heavy atom. The van der Waals surface area contributed by atoms with Crippen LogP contribution >= 0.6 is 58.0 Å². The predicted octanol–water partition coefficient (Wildman–Crippen LogP) is 3.63. The Bertz CT molecular complexity index is 84.1. The summed E-state index contributed by atoms with van der Waals surface area (Å²) in [6.07, 6.45) is 0.618. The monoisotopic (exact) mass is 242 g/mol. The van der Waals surface area contributed by atoms with Gasteiger partial charge in [0.25, 0.3) is 0 Å². The number of halogens is 5. The van der Waals surface area contributed by atoms with Crippen LogP contribution in [0.4, 0.5) is 0 Å². The molecule has 0 amide bonds. The SMILES string of the molecule is ClCCC(Cl)C(Cl)C(Cl)Cl. The number of hydrogen-bond acceptors (Lipinski definition) is 0. The van der Waals surface area contributed by atoms with Crippen LogP contribution in [0.5, 0.6) is 0 Å². The molecular formula is C5H7Cl5. The average molecular weight is 244 g/mol. The quantitative estimate of drug-likeness (QED) is 0.662. The molecule has 0 saturated heterocycles. The summed E-state index contributed by atoms with van der Waals surface area (Å²) in [5.41, 5.74) is 0. The predicted molar refractivity (Wildman–Crippen MR) is 50.1 cm³/mol. The normalized spacial score (nSPS) is 17.4. The lowest BCUT2D eigenvalue weighted by molar-refractivity contribution is 0.779. The highest BCUT2D eigenvalue weighted by Crippen LogP contribution is 2.23. The van der Waals surface area contributed by atoms with Gasteiger partial charge in [-0.05, 0) is 6.42 Å². The molecule has 0 bridgehead atoms. The van der Waals surface area contributed by atoms with Crippen LogP contribution in [-0.4, -0.2) is 21.5 Å². The Morgan fingerprint density at radius 1 is 1.00 bits per heavy atom. The summed E-state index contributed by atoms with van der Waals surface area (Å²) in [5, 5.41) is -0.678. The zero-order chi connectivity index (χ0) is 8.15. The van der Waals surface area contributed by atoms with E-state index in [1.54, 1.807) is 0 Å². The van der Waals surface area contributed by atoms with Gasteiger partial charge in [-0.25, -0.2) is 0 Å². The molecule has 0 aliphatic heterocycles. The Labute approximate surface area is 85.7 Å². The Kier molecular flexibility index (Phi) is 6.89. The van der Waals surface area contributed by atoms with E-state index in [-0.39, 0.29) is 5.38 Å². The van der Waals surface area contributed by atoms with E-state index < -0.39 is 10.2 Å². The van der Waals surface area contributed by atoms with E-state index >= 15 is 0 Å². The van der Waals surface area contributed by atoms with Gasteiger partial charge in [0.2, 0.25) is 0 Å². The highest BCUT2D eigenvalue weighted by Gasteiger charge is 2.22. The molecule has 10 heavy (non-hydrogen) atoms. The Balaban J connectivity index is 3.58. The second kappa shape index (κ2) is 6.02. The third-order valence-corrected chi connectivity index (χ3v) is 3.17. The van der Waals surface area contributed by atoms with E-state index in [4.69, 9.17) is 58.0 Å². The van der Waals surface area contributed by atoms with Crippen molar-refractivity contribution in [2.24, 2.45) is 0 Å². The van der Waals surface area contributed by atoms with Crippen molar-refractivity contribution >= 4 is 58.0 Å². The highest BCUT2D eigenvalue weighted by molar-refractivity contribution is 6.49. The van der Waals surface area contributed by atoms with E-state index in [0.717, 1.165) is 0 Å². The molecule has 0 aromatic rings. The summed E-state index contributed by atoms with van der Waals surface area (Å²) in [7, 11) is 0. The molecule has 0 aromatic carbocycles. The van der Waals surface area contributed by atoms with E-state index in [1.807, 2.05) is 0 Å². The molecule has 0 rings (SSSR count). The molecule has 0 aliphatic carbocycles. The molecule has 0 nitrogen and oxygen atoms in total. The van der Waals surface area contributed by atoms with Crippen molar-refractivity contribution in [3.63, 3.8) is 0 Å². The summed E-state index contributed by atoms with van der Waals surface area (Å²) in [5.74, 6) is 0.470. The molecule has 0 aliphatic rings. The van der Waals surface area contributed by atoms with Crippen molar-refractivity contribution < 1.29 is 0 Å². The number of rotatable bonds is 4. The molecular weight excluding hydrogens is 237 g/mol. The summed E-state index contributed by atoms with van der Waals surface area (Å²) < 4.78 is 0. The first-order valence-electron chi connectivity index (χ1n) is 2.72.